The first-order valence-corrected chi connectivity index (χ1v) is 7.43. The molecule has 1 amide bonds. The van der Waals surface area contributed by atoms with Crippen LogP contribution in [0, 0.1) is 0 Å². The number of carbonyl (C=O) groups excluding carboxylic acids is 1. The van der Waals surface area contributed by atoms with E-state index in [1.54, 1.807) is 19.4 Å². The summed E-state index contributed by atoms with van der Waals surface area (Å²) in [6, 6.07) is 13.2. The molecule has 3 aromatic rings. The van der Waals surface area contributed by atoms with Crippen LogP contribution in [0.3, 0.4) is 0 Å². The zero-order chi connectivity index (χ0) is 16.5. The molecule has 1 aliphatic heterocycles. The molecule has 0 spiro atoms. The van der Waals surface area contributed by atoms with Crippen molar-refractivity contribution in [1.82, 2.24) is 15.4 Å². The Morgan fingerprint density at radius 1 is 1.17 bits per heavy atom. The minimum atomic E-state index is -0.244. The van der Waals surface area contributed by atoms with Crippen molar-refractivity contribution in [3.05, 3.63) is 65.6 Å². The van der Waals surface area contributed by atoms with Crippen LogP contribution in [0.4, 0.5) is 0 Å². The van der Waals surface area contributed by atoms with E-state index in [1.165, 1.54) is 0 Å². The minimum Gasteiger partial charge on any atom is -0.497 e. The number of aromatic amines is 1. The molecule has 118 valence electrons. The second-order valence-corrected chi connectivity index (χ2v) is 5.35. The molecule has 24 heavy (non-hydrogen) atoms. The molecule has 4 rings (SSSR count). The third kappa shape index (κ3) is 2.44. The predicted molar refractivity (Wildman–Crippen MR) is 91.7 cm³/mol. The molecule has 6 heteroatoms. The molecular formula is C18H14N4O2. The highest BCUT2D eigenvalue weighted by Gasteiger charge is 2.24. The molecule has 0 saturated heterocycles. The van der Waals surface area contributed by atoms with Gasteiger partial charge in [-0.25, -0.2) is 5.43 Å². The van der Waals surface area contributed by atoms with Gasteiger partial charge in [0.05, 0.1) is 18.4 Å². The Kier molecular flexibility index (Phi) is 3.35. The molecule has 0 bridgehead atoms. The Bertz CT molecular complexity index is 987. The lowest BCUT2D eigenvalue weighted by Crippen LogP contribution is -2.14. The summed E-state index contributed by atoms with van der Waals surface area (Å²) < 4.78 is 5.24. The normalized spacial score (nSPS) is 15.6. The number of methoxy groups -OCH3 is 1. The standard InChI is InChI=1S/C18H14N4O2/c1-24-13-5-6-15-11(9-13)8-12(20-15)10-14-17(21-22-18(14)23)16-4-2-3-7-19-16/h2-10,20H,1H3,(H,22,23). The highest BCUT2D eigenvalue weighted by atomic mass is 16.5. The lowest BCUT2D eigenvalue weighted by molar-refractivity contribution is -0.116. The number of hydrazone groups is 1. The van der Waals surface area contributed by atoms with Gasteiger partial charge in [0, 0.05) is 22.8 Å². The highest BCUT2D eigenvalue weighted by molar-refractivity contribution is 6.32. The number of carbonyl (C=O) groups is 1. The van der Waals surface area contributed by atoms with Crippen LogP contribution in [-0.2, 0) is 4.79 Å². The number of nitrogens with one attached hydrogen (secondary N) is 2. The van der Waals surface area contributed by atoms with E-state index in [0.717, 1.165) is 22.3 Å². The maximum Gasteiger partial charge on any atom is 0.273 e. The zero-order valence-corrected chi connectivity index (χ0v) is 12.9. The molecule has 0 fully saturated rings. The van der Waals surface area contributed by atoms with E-state index in [9.17, 15) is 4.79 Å². The fourth-order valence-corrected chi connectivity index (χ4v) is 2.66. The van der Waals surface area contributed by atoms with Gasteiger partial charge in [0.25, 0.3) is 5.91 Å². The van der Waals surface area contributed by atoms with Crippen LogP contribution in [0.15, 0.2) is 59.3 Å². The third-order valence-corrected chi connectivity index (χ3v) is 3.83. The number of ether oxygens (including phenoxy) is 1. The van der Waals surface area contributed by atoms with Gasteiger partial charge in [0.2, 0.25) is 0 Å². The van der Waals surface area contributed by atoms with Crippen molar-refractivity contribution in [1.29, 1.82) is 0 Å². The molecule has 1 aromatic carbocycles. The lowest BCUT2D eigenvalue weighted by Gasteiger charge is -1.99. The molecule has 0 atom stereocenters. The number of amides is 1. The summed E-state index contributed by atoms with van der Waals surface area (Å²) in [4.78, 5) is 19.7. The molecule has 2 N–H and O–H groups in total. The smallest absolute Gasteiger partial charge is 0.273 e. The summed E-state index contributed by atoms with van der Waals surface area (Å²) in [5, 5.41) is 5.11. The summed E-state index contributed by atoms with van der Waals surface area (Å²) >= 11 is 0. The summed E-state index contributed by atoms with van der Waals surface area (Å²) in [6.45, 7) is 0. The number of H-pyrrole nitrogens is 1. The molecule has 0 radical (unpaired) electrons. The van der Waals surface area contributed by atoms with E-state index in [1.807, 2.05) is 42.5 Å². The summed E-state index contributed by atoms with van der Waals surface area (Å²) in [6.07, 6.45) is 3.45. The van der Waals surface area contributed by atoms with Crippen molar-refractivity contribution in [3.8, 4) is 5.75 Å². The van der Waals surface area contributed by atoms with Crippen LogP contribution >= 0.6 is 0 Å². The predicted octanol–water partition coefficient (Wildman–Crippen LogP) is 2.49. The topological polar surface area (TPSA) is 79.4 Å². The second kappa shape index (κ2) is 5.66. The number of rotatable bonds is 3. The van der Waals surface area contributed by atoms with Crippen molar-refractivity contribution >= 4 is 28.6 Å². The summed E-state index contributed by atoms with van der Waals surface area (Å²) in [5.74, 6) is 0.543. The second-order valence-electron chi connectivity index (χ2n) is 5.35. The van der Waals surface area contributed by atoms with Crippen molar-refractivity contribution in [2.24, 2.45) is 5.10 Å². The van der Waals surface area contributed by atoms with Crippen LogP contribution in [0.25, 0.3) is 17.0 Å². The van der Waals surface area contributed by atoms with Gasteiger partial charge in [-0.05, 0) is 42.5 Å². The number of pyridine rings is 1. The van der Waals surface area contributed by atoms with Crippen molar-refractivity contribution in [2.75, 3.05) is 7.11 Å². The molecule has 1 aliphatic rings. The van der Waals surface area contributed by atoms with Gasteiger partial charge >= 0.3 is 0 Å². The maximum atomic E-state index is 12.1. The molecular weight excluding hydrogens is 304 g/mol. The molecule has 3 heterocycles. The van der Waals surface area contributed by atoms with Crippen molar-refractivity contribution in [3.63, 3.8) is 0 Å². The Labute approximate surface area is 137 Å². The van der Waals surface area contributed by atoms with Gasteiger partial charge in [-0.1, -0.05) is 6.07 Å². The van der Waals surface area contributed by atoms with E-state index in [2.05, 4.69) is 20.5 Å². The van der Waals surface area contributed by atoms with Gasteiger partial charge in [-0.15, -0.1) is 0 Å². The lowest BCUT2D eigenvalue weighted by atomic mass is 10.1. The summed E-state index contributed by atoms with van der Waals surface area (Å²) in [5.41, 5.74) is 5.95. The van der Waals surface area contributed by atoms with Crippen molar-refractivity contribution in [2.45, 2.75) is 0 Å². The zero-order valence-electron chi connectivity index (χ0n) is 12.9. The van der Waals surface area contributed by atoms with E-state index in [4.69, 9.17) is 4.74 Å². The molecule has 0 unspecified atom stereocenters. The van der Waals surface area contributed by atoms with Crippen molar-refractivity contribution < 1.29 is 9.53 Å². The van der Waals surface area contributed by atoms with Gasteiger partial charge in [0.1, 0.15) is 11.5 Å². The number of nitrogens with zero attached hydrogens (tertiary/aromatic N) is 2. The van der Waals surface area contributed by atoms with E-state index in [-0.39, 0.29) is 5.91 Å². The van der Waals surface area contributed by atoms with E-state index < -0.39 is 0 Å². The first-order chi connectivity index (χ1) is 11.7. The van der Waals surface area contributed by atoms with E-state index in [0.29, 0.717) is 17.0 Å². The Morgan fingerprint density at radius 2 is 2.08 bits per heavy atom. The first kappa shape index (κ1) is 14.2. The minimum absolute atomic E-state index is 0.244. The van der Waals surface area contributed by atoms with E-state index >= 15 is 0 Å². The number of aromatic nitrogens is 2. The van der Waals surface area contributed by atoms with Gasteiger partial charge < -0.3 is 9.72 Å². The number of hydrogen-bond acceptors (Lipinski definition) is 4. The fraction of sp³-hybridized carbons (Fsp3) is 0.0556. The third-order valence-electron chi connectivity index (χ3n) is 3.83. The SMILES string of the molecule is COc1ccc2[nH]c(C=C3C(=O)NN=C3c3ccccn3)cc2c1. The van der Waals surface area contributed by atoms with Gasteiger partial charge in [-0.2, -0.15) is 5.10 Å². The average molecular weight is 318 g/mol. The molecule has 6 nitrogen and oxygen atoms in total. The molecule has 0 saturated carbocycles. The molecule has 2 aromatic heterocycles. The van der Waals surface area contributed by atoms with Crippen LogP contribution < -0.4 is 10.2 Å². The molecule has 0 aliphatic carbocycles. The Morgan fingerprint density at radius 3 is 2.88 bits per heavy atom. The van der Waals surface area contributed by atoms with Gasteiger partial charge in [0.15, 0.2) is 0 Å². The number of hydrogen-bond donors (Lipinski definition) is 2. The van der Waals surface area contributed by atoms with Crippen LogP contribution in [0.2, 0.25) is 0 Å². The number of benzene rings is 1. The highest BCUT2D eigenvalue weighted by Crippen LogP contribution is 2.23. The average Bonchev–Trinajstić information content (AvgIpc) is 3.18. The van der Waals surface area contributed by atoms with Crippen LogP contribution in [0.1, 0.15) is 11.4 Å². The Hall–Kier alpha value is -3.41. The quantitative estimate of drug-likeness (QED) is 0.728. The largest absolute Gasteiger partial charge is 0.497 e. The summed E-state index contributed by atoms with van der Waals surface area (Å²) in [7, 11) is 1.63. The fourth-order valence-electron chi connectivity index (χ4n) is 2.66. The first-order valence-electron chi connectivity index (χ1n) is 7.43. The monoisotopic (exact) mass is 318 g/mol. The van der Waals surface area contributed by atoms with Crippen LogP contribution in [0.5, 0.6) is 5.75 Å². The number of fused-ring (bicyclic) bond motifs is 1. The van der Waals surface area contributed by atoms with Crippen LogP contribution in [-0.4, -0.2) is 28.7 Å². The van der Waals surface area contributed by atoms with Gasteiger partial charge in [-0.3, -0.25) is 9.78 Å². The maximum absolute atomic E-state index is 12.1. The Balaban J connectivity index is 1.76.